The van der Waals surface area contributed by atoms with Crippen LogP contribution in [-0.4, -0.2) is 37.6 Å². The molecule has 0 bridgehead atoms. The highest BCUT2D eigenvalue weighted by Gasteiger charge is 2.26. The topological polar surface area (TPSA) is 54.3 Å². The first kappa shape index (κ1) is 29.0. The Morgan fingerprint density at radius 2 is 1.88 bits per heavy atom. The molecule has 2 aliphatic rings. The predicted molar refractivity (Wildman–Crippen MR) is 164 cm³/mol. The Bertz CT molecular complexity index is 1370. The summed E-state index contributed by atoms with van der Waals surface area (Å²) in [6, 6.07) is 17.3. The number of aromatic hydroxyl groups is 1. The van der Waals surface area contributed by atoms with Crippen molar-refractivity contribution in [3.8, 4) is 17.2 Å². The van der Waals surface area contributed by atoms with Crippen LogP contribution in [0.5, 0.6) is 17.2 Å². The number of anilines is 1. The largest absolute Gasteiger partial charge is 0.508 e. The predicted octanol–water partition coefficient (Wildman–Crippen LogP) is 7.87. The fourth-order valence-electron chi connectivity index (χ4n) is 6.31. The maximum Gasteiger partial charge on any atom is 0.165 e. The SMILES string of the molecule is CCCC1CCC1=NCCOc1ccc(CN(CC)c2cc(OC)ccc2C2CCc3cc(O)ccc3C2)cc1F. The fraction of sp³-hybridized carbons (Fsp3) is 0.457. The molecule has 2 unspecified atom stereocenters. The Balaban J connectivity index is 1.27. The highest BCUT2D eigenvalue weighted by atomic mass is 19.1. The molecule has 0 radical (unpaired) electrons. The van der Waals surface area contributed by atoms with Crippen LogP contribution >= 0.6 is 0 Å². The highest BCUT2D eigenvalue weighted by Crippen LogP contribution is 2.40. The summed E-state index contributed by atoms with van der Waals surface area (Å²) in [5.74, 6) is 2.09. The number of aryl methyl sites for hydroxylation is 1. The van der Waals surface area contributed by atoms with Crippen LogP contribution in [0.1, 0.15) is 74.1 Å². The third kappa shape index (κ3) is 6.86. The van der Waals surface area contributed by atoms with Gasteiger partial charge in [-0.05, 0) is 110 Å². The summed E-state index contributed by atoms with van der Waals surface area (Å²) >= 11 is 0. The quantitative estimate of drug-likeness (QED) is 0.230. The second-order valence-electron chi connectivity index (χ2n) is 11.3. The van der Waals surface area contributed by atoms with Crippen molar-refractivity contribution >= 4 is 11.4 Å². The van der Waals surface area contributed by atoms with Crippen molar-refractivity contribution in [3.63, 3.8) is 0 Å². The number of phenols is 1. The van der Waals surface area contributed by atoms with Crippen LogP contribution in [0.3, 0.4) is 0 Å². The average Bonchev–Trinajstić information content (AvgIpc) is 2.98. The summed E-state index contributed by atoms with van der Waals surface area (Å²) in [5, 5.41) is 9.90. The van der Waals surface area contributed by atoms with Gasteiger partial charge in [-0.3, -0.25) is 4.99 Å². The summed E-state index contributed by atoms with van der Waals surface area (Å²) in [4.78, 5) is 6.99. The maximum absolute atomic E-state index is 15.1. The molecule has 1 saturated carbocycles. The van der Waals surface area contributed by atoms with Gasteiger partial charge in [0.05, 0.1) is 13.7 Å². The van der Waals surface area contributed by atoms with Gasteiger partial charge in [0.25, 0.3) is 0 Å². The van der Waals surface area contributed by atoms with Gasteiger partial charge in [-0.15, -0.1) is 0 Å². The number of benzene rings is 3. The molecule has 0 amide bonds. The second kappa shape index (κ2) is 13.4. The third-order valence-corrected chi connectivity index (χ3v) is 8.71. The number of phenolic OH excluding ortho intramolecular Hbond substituents is 1. The lowest BCUT2D eigenvalue weighted by Gasteiger charge is -2.32. The average molecular weight is 559 g/mol. The Morgan fingerprint density at radius 3 is 2.61 bits per heavy atom. The molecule has 0 aromatic heterocycles. The molecule has 6 heteroatoms. The Morgan fingerprint density at radius 1 is 1.00 bits per heavy atom. The first-order valence-corrected chi connectivity index (χ1v) is 15.2. The van der Waals surface area contributed by atoms with Crippen LogP contribution in [0, 0.1) is 11.7 Å². The number of ether oxygens (including phenoxy) is 2. The molecule has 3 aromatic rings. The third-order valence-electron chi connectivity index (χ3n) is 8.71. The molecular formula is C35H43FN2O3. The van der Waals surface area contributed by atoms with E-state index < -0.39 is 0 Å². The first-order valence-electron chi connectivity index (χ1n) is 15.2. The van der Waals surface area contributed by atoms with E-state index in [1.165, 1.54) is 41.7 Å². The van der Waals surface area contributed by atoms with E-state index in [4.69, 9.17) is 14.5 Å². The lowest BCUT2D eigenvalue weighted by molar-refractivity contribution is 0.310. The van der Waals surface area contributed by atoms with E-state index in [0.29, 0.717) is 37.3 Å². The van der Waals surface area contributed by atoms with Gasteiger partial charge in [0.2, 0.25) is 0 Å². The zero-order valence-electron chi connectivity index (χ0n) is 24.7. The number of halogens is 1. The summed E-state index contributed by atoms with van der Waals surface area (Å²) in [6.07, 6.45) is 7.61. The molecule has 0 heterocycles. The van der Waals surface area contributed by atoms with Gasteiger partial charge in [-0.2, -0.15) is 0 Å². The van der Waals surface area contributed by atoms with E-state index in [-0.39, 0.29) is 11.6 Å². The highest BCUT2D eigenvalue weighted by molar-refractivity contribution is 5.91. The minimum atomic E-state index is -0.336. The Hall–Kier alpha value is -3.54. The summed E-state index contributed by atoms with van der Waals surface area (Å²) < 4.78 is 26.4. The lowest BCUT2D eigenvalue weighted by atomic mass is 9.79. The van der Waals surface area contributed by atoms with Gasteiger partial charge in [0.1, 0.15) is 18.1 Å². The van der Waals surface area contributed by atoms with Crippen molar-refractivity contribution in [3.05, 3.63) is 82.7 Å². The smallest absolute Gasteiger partial charge is 0.165 e. The summed E-state index contributed by atoms with van der Waals surface area (Å²) in [7, 11) is 1.69. The molecule has 41 heavy (non-hydrogen) atoms. The summed E-state index contributed by atoms with van der Waals surface area (Å²) in [6.45, 7) is 6.66. The molecule has 0 spiro atoms. The van der Waals surface area contributed by atoms with E-state index in [0.717, 1.165) is 49.2 Å². The number of methoxy groups -OCH3 is 1. The fourth-order valence-corrected chi connectivity index (χ4v) is 6.31. The molecule has 218 valence electrons. The number of fused-ring (bicyclic) bond motifs is 1. The first-order chi connectivity index (χ1) is 20.0. The van der Waals surface area contributed by atoms with Crippen LogP contribution in [0.15, 0.2) is 59.6 Å². The van der Waals surface area contributed by atoms with Gasteiger partial charge >= 0.3 is 0 Å². The van der Waals surface area contributed by atoms with Gasteiger partial charge in [0, 0.05) is 30.6 Å². The normalized spacial score (nSPS) is 19.0. The van der Waals surface area contributed by atoms with Crippen molar-refractivity contribution in [2.24, 2.45) is 10.9 Å². The molecule has 3 aromatic carbocycles. The minimum absolute atomic E-state index is 0.282. The van der Waals surface area contributed by atoms with E-state index in [2.05, 4.69) is 30.9 Å². The molecule has 1 fully saturated rings. The molecular weight excluding hydrogens is 515 g/mol. The van der Waals surface area contributed by atoms with Crippen molar-refractivity contribution in [2.75, 3.05) is 31.7 Å². The maximum atomic E-state index is 15.1. The standard InChI is InChI=1S/C35H43FN2O3/c1-4-6-25-11-15-33(25)37-17-18-41-35-16-7-24(19-32(35)36)23-38(5-2)34-22-30(40-3)13-14-31(34)28-9-8-27-21-29(39)12-10-26(27)20-28/h7,10,12-14,16,19,21-22,25,28,39H,4-6,8-9,11,15,17-18,20,23H2,1-3H3. The molecule has 0 saturated heterocycles. The van der Waals surface area contributed by atoms with Crippen LogP contribution in [-0.2, 0) is 19.4 Å². The Kier molecular flexibility index (Phi) is 9.48. The van der Waals surface area contributed by atoms with Crippen molar-refractivity contribution in [1.29, 1.82) is 0 Å². The van der Waals surface area contributed by atoms with Gasteiger partial charge in [-0.25, -0.2) is 4.39 Å². The van der Waals surface area contributed by atoms with E-state index in [1.807, 2.05) is 24.3 Å². The Labute approximate surface area is 244 Å². The van der Waals surface area contributed by atoms with E-state index >= 15 is 4.39 Å². The second-order valence-corrected chi connectivity index (χ2v) is 11.3. The molecule has 0 aliphatic heterocycles. The van der Waals surface area contributed by atoms with Crippen LogP contribution in [0.4, 0.5) is 10.1 Å². The van der Waals surface area contributed by atoms with Gasteiger partial charge in [0.15, 0.2) is 11.6 Å². The van der Waals surface area contributed by atoms with E-state index in [9.17, 15) is 5.11 Å². The van der Waals surface area contributed by atoms with Crippen molar-refractivity contribution in [2.45, 2.75) is 71.3 Å². The van der Waals surface area contributed by atoms with Crippen molar-refractivity contribution in [1.82, 2.24) is 0 Å². The zero-order chi connectivity index (χ0) is 28.8. The van der Waals surface area contributed by atoms with Gasteiger partial charge in [-0.1, -0.05) is 31.5 Å². The van der Waals surface area contributed by atoms with E-state index in [1.54, 1.807) is 25.3 Å². The van der Waals surface area contributed by atoms with Crippen LogP contribution in [0.2, 0.25) is 0 Å². The number of hydrogen-bond donors (Lipinski definition) is 1. The van der Waals surface area contributed by atoms with Crippen LogP contribution in [0.25, 0.3) is 0 Å². The number of nitrogens with zero attached hydrogens (tertiary/aromatic N) is 2. The van der Waals surface area contributed by atoms with Crippen LogP contribution < -0.4 is 14.4 Å². The number of aliphatic imine (C=N–C) groups is 1. The van der Waals surface area contributed by atoms with Gasteiger partial charge < -0.3 is 19.5 Å². The lowest BCUT2D eigenvalue weighted by Crippen LogP contribution is -2.26. The summed E-state index contributed by atoms with van der Waals surface area (Å²) in [5.41, 5.74) is 7.13. The van der Waals surface area contributed by atoms with Crippen molar-refractivity contribution < 1.29 is 19.0 Å². The minimum Gasteiger partial charge on any atom is -0.508 e. The molecule has 5 nitrogen and oxygen atoms in total. The zero-order valence-corrected chi connectivity index (χ0v) is 24.7. The number of rotatable bonds is 12. The molecule has 2 atom stereocenters. The number of hydrogen-bond acceptors (Lipinski definition) is 5. The molecule has 1 N–H and O–H groups in total. The molecule has 5 rings (SSSR count). The molecule has 2 aliphatic carbocycles. The monoisotopic (exact) mass is 558 g/mol.